The zero-order chi connectivity index (χ0) is 25.4. The number of thiocarbonyl (C=S) groups is 1. The van der Waals surface area contributed by atoms with Gasteiger partial charge in [-0.05, 0) is 68.0 Å². The number of amides is 1. The van der Waals surface area contributed by atoms with Gasteiger partial charge in [0.1, 0.15) is 5.75 Å². The fourth-order valence-electron chi connectivity index (χ4n) is 4.79. The van der Waals surface area contributed by atoms with Crippen molar-refractivity contribution in [2.24, 2.45) is 0 Å². The first kappa shape index (κ1) is 24.0. The smallest absolute Gasteiger partial charge is 0.221 e. The molecule has 1 aliphatic rings. The predicted octanol–water partition coefficient (Wildman–Crippen LogP) is 5.09. The van der Waals surface area contributed by atoms with Crippen LogP contribution in [0.3, 0.4) is 0 Å². The summed E-state index contributed by atoms with van der Waals surface area (Å²) >= 11 is 7.48. The number of pyridine rings is 1. The second-order valence-electron chi connectivity index (χ2n) is 8.54. The van der Waals surface area contributed by atoms with Crippen molar-refractivity contribution in [3.05, 3.63) is 82.9 Å². The monoisotopic (exact) mass is 518 g/mol. The maximum Gasteiger partial charge on any atom is 0.221 e. The minimum atomic E-state index is -0.189. The van der Waals surface area contributed by atoms with Crippen molar-refractivity contribution >= 4 is 45.9 Å². The molecule has 1 amide bonds. The first-order valence-electron chi connectivity index (χ1n) is 11.4. The molecule has 1 saturated heterocycles. The second-order valence-corrected chi connectivity index (χ2v) is 9.80. The summed E-state index contributed by atoms with van der Waals surface area (Å²) in [7, 11) is 1.58. The summed E-state index contributed by atoms with van der Waals surface area (Å²) in [6.45, 7) is 5.66. The van der Waals surface area contributed by atoms with Crippen LogP contribution < -0.4 is 20.3 Å². The molecule has 2 N–H and O–H groups in total. The molecular formula is C26H26N6O2S2. The summed E-state index contributed by atoms with van der Waals surface area (Å²) < 4.78 is 7.64. The molecule has 0 saturated carbocycles. The molecule has 1 aromatic carbocycles. The van der Waals surface area contributed by atoms with E-state index in [1.54, 1.807) is 24.6 Å². The molecule has 1 fully saturated rings. The van der Waals surface area contributed by atoms with Crippen LogP contribution in [0, 0.1) is 13.8 Å². The van der Waals surface area contributed by atoms with E-state index in [0.29, 0.717) is 16.5 Å². The fraction of sp³-hybridized carbons (Fsp3) is 0.231. The quantitative estimate of drug-likeness (QED) is 0.344. The number of anilines is 2. The molecule has 4 aromatic rings. The van der Waals surface area contributed by atoms with Crippen molar-refractivity contribution in [1.29, 1.82) is 0 Å². The van der Waals surface area contributed by atoms with E-state index in [-0.39, 0.29) is 18.0 Å². The van der Waals surface area contributed by atoms with Crippen LogP contribution in [0.25, 0.3) is 5.13 Å². The molecule has 8 nitrogen and oxygen atoms in total. The van der Waals surface area contributed by atoms with Gasteiger partial charge >= 0.3 is 0 Å². The van der Waals surface area contributed by atoms with Crippen molar-refractivity contribution in [2.75, 3.05) is 17.3 Å². The highest BCUT2D eigenvalue weighted by atomic mass is 32.1. The number of benzene rings is 1. The molecular weight excluding hydrogens is 492 g/mol. The molecule has 0 unspecified atom stereocenters. The third-order valence-electron chi connectivity index (χ3n) is 6.27. The number of aryl methyl sites for hydroxylation is 1. The number of carbonyl (C=O) groups excluding carboxylic acids is 1. The van der Waals surface area contributed by atoms with Crippen LogP contribution in [0.1, 0.15) is 41.7 Å². The number of hydrogen-bond donors (Lipinski definition) is 2. The highest BCUT2D eigenvalue weighted by molar-refractivity contribution is 7.80. The number of nitrogens with zero attached hydrogens (tertiary/aromatic N) is 4. The Kier molecular flexibility index (Phi) is 6.46. The number of ether oxygens (including phenoxy) is 1. The zero-order valence-electron chi connectivity index (χ0n) is 20.4. The molecule has 0 radical (unpaired) electrons. The number of methoxy groups -OCH3 is 1. The third-order valence-corrected chi connectivity index (χ3v) is 7.34. The Morgan fingerprint density at radius 1 is 1.17 bits per heavy atom. The van der Waals surface area contributed by atoms with Crippen LogP contribution in [0.15, 0.2) is 60.2 Å². The van der Waals surface area contributed by atoms with Gasteiger partial charge in [-0.15, -0.1) is 11.3 Å². The first-order chi connectivity index (χ1) is 17.4. The Balaban J connectivity index is 1.67. The van der Waals surface area contributed by atoms with E-state index in [1.165, 1.54) is 6.92 Å². The highest BCUT2D eigenvalue weighted by Crippen LogP contribution is 2.45. The second kappa shape index (κ2) is 9.71. The SMILES string of the molecule is COc1ccc(N2C(=S)N[C@H](c3ccccn3)[C@@H]2c2cc(C)n(-c3nccs3)c2C)cc1NC(C)=O. The van der Waals surface area contributed by atoms with E-state index in [1.807, 2.05) is 48.0 Å². The Morgan fingerprint density at radius 3 is 2.67 bits per heavy atom. The summed E-state index contributed by atoms with van der Waals surface area (Å²) in [6.07, 6.45) is 3.61. The number of hydrogen-bond acceptors (Lipinski definition) is 6. The van der Waals surface area contributed by atoms with Crippen molar-refractivity contribution in [2.45, 2.75) is 32.9 Å². The fourth-order valence-corrected chi connectivity index (χ4v) is 5.89. The lowest BCUT2D eigenvalue weighted by Gasteiger charge is -2.28. The highest BCUT2D eigenvalue weighted by Gasteiger charge is 2.42. The van der Waals surface area contributed by atoms with E-state index in [4.69, 9.17) is 17.0 Å². The standard InChI is InChI=1S/C26H26N6O2S2/c1-15-13-19(16(2)31(15)26-28-11-12-36-26)24-23(20-7-5-6-10-27-20)30-25(35)32(24)18-8-9-22(34-4)21(14-18)29-17(3)33/h5-14,23-24H,1-4H3,(H,29,33)(H,30,35)/t23-,24+/m1/s1. The van der Waals surface area contributed by atoms with E-state index in [0.717, 1.165) is 33.5 Å². The molecule has 5 rings (SSSR count). The average molecular weight is 519 g/mol. The van der Waals surface area contributed by atoms with Crippen molar-refractivity contribution in [3.8, 4) is 10.9 Å². The lowest BCUT2D eigenvalue weighted by Crippen LogP contribution is -2.29. The molecule has 36 heavy (non-hydrogen) atoms. The number of thiazole rings is 1. The Bertz CT molecular complexity index is 1420. The number of rotatable bonds is 6. The maximum absolute atomic E-state index is 11.9. The lowest BCUT2D eigenvalue weighted by molar-refractivity contribution is -0.114. The largest absolute Gasteiger partial charge is 0.495 e. The summed E-state index contributed by atoms with van der Waals surface area (Å²) in [4.78, 5) is 23.1. The normalized spacial score (nSPS) is 17.2. The van der Waals surface area contributed by atoms with Crippen LogP contribution in [0.2, 0.25) is 0 Å². The lowest BCUT2D eigenvalue weighted by atomic mass is 9.96. The third kappa shape index (κ3) is 4.22. The molecule has 184 valence electrons. The van der Waals surface area contributed by atoms with Gasteiger partial charge < -0.3 is 20.3 Å². The van der Waals surface area contributed by atoms with Gasteiger partial charge in [0.15, 0.2) is 10.2 Å². The van der Waals surface area contributed by atoms with Crippen LogP contribution in [0.4, 0.5) is 11.4 Å². The summed E-state index contributed by atoms with van der Waals surface area (Å²) in [5.41, 5.74) is 5.59. The average Bonchev–Trinajstić information content (AvgIpc) is 3.57. The van der Waals surface area contributed by atoms with Gasteiger partial charge in [0.2, 0.25) is 5.91 Å². The first-order valence-corrected chi connectivity index (χ1v) is 12.7. The summed E-state index contributed by atoms with van der Waals surface area (Å²) in [5, 5.41) is 9.84. The number of carbonyl (C=O) groups is 1. The van der Waals surface area contributed by atoms with Crippen molar-refractivity contribution in [3.63, 3.8) is 0 Å². The summed E-state index contributed by atoms with van der Waals surface area (Å²) in [6, 6.07) is 13.4. The van der Waals surface area contributed by atoms with Crippen LogP contribution in [0.5, 0.6) is 5.75 Å². The van der Waals surface area contributed by atoms with Crippen LogP contribution in [-0.2, 0) is 4.79 Å². The van der Waals surface area contributed by atoms with Gasteiger partial charge in [0.05, 0.1) is 30.6 Å². The van der Waals surface area contributed by atoms with Gasteiger partial charge in [-0.1, -0.05) is 6.07 Å². The van der Waals surface area contributed by atoms with E-state index in [9.17, 15) is 4.79 Å². The predicted molar refractivity (Wildman–Crippen MR) is 146 cm³/mol. The molecule has 0 bridgehead atoms. The Hall–Kier alpha value is -3.76. The minimum Gasteiger partial charge on any atom is -0.495 e. The number of nitrogens with one attached hydrogen (secondary N) is 2. The van der Waals surface area contributed by atoms with Gasteiger partial charge in [-0.3, -0.25) is 14.3 Å². The Labute approximate surface area is 219 Å². The van der Waals surface area contributed by atoms with Crippen molar-refractivity contribution < 1.29 is 9.53 Å². The minimum absolute atomic E-state index is 0.178. The zero-order valence-corrected chi connectivity index (χ0v) is 22.0. The van der Waals surface area contributed by atoms with E-state index >= 15 is 0 Å². The summed E-state index contributed by atoms with van der Waals surface area (Å²) in [5.74, 6) is 0.397. The van der Waals surface area contributed by atoms with Gasteiger partial charge in [-0.2, -0.15) is 0 Å². The number of aromatic nitrogens is 3. The molecule has 2 atom stereocenters. The molecule has 1 aliphatic heterocycles. The maximum atomic E-state index is 11.9. The van der Waals surface area contributed by atoms with E-state index in [2.05, 4.69) is 50.0 Å². The van der Waals surface area contributed by atoms with Crippen LogP contribution >= 0.6 is 23.6 Å². The van der Waals surface area contributed by atoms with Gasteiger partial charge in [-0.25, -0.2) is 4.98 Å². The van der Waals surface area contributed by atoms with Crippen LogP contribution in [-0.4, -0.2) is 32.7 Å². The topological polar surface area (TPSA) is 84.3 Å². The van der Waals surface area contributed by atoms with Gasteiger partial charge in [0.25, 0.3) is 0 Å². The van der Waals surface area contributed by atoms with E-state index < -0.39 is 0 Å². The van der Waals surface area contributed by atoms with Gasteiger partial charge in [0, 0.05) is 41.8 Å². The molecule has 0 spiro atoms. The molecule has 3 aromatic heterocycles. The van der Waals surface area contributed by atoms with Crippen molar-refractivity contribution in [1.82, 2.24) is 19.9 Å². The Morgan fingerprint density at radius 2 is 2.00 bits per heavy atom. The molecule has 4 heterocycles. The molecule has 10 heteroatoms. The molecule has 0 aliphatic carbocycles.